The Hall–Kier alpha value is -1.31. The number of hydrogen-bond donors (Lipinski definition) is 2. The fourth-order valence-corrected chi connectivity index (χ4v) is 2.19. The van der Waals surface area contributed by atoms with Crippen molar-refractivity contribution in [2.24, 2.45) is 0 Å². The fraction of sp³-hybridized carbons (Fsp3) is 0.364. The lowest BCUT2D eigenvalue weighted by Crippen LogP contribution is -2.39. The van der Waals surface area contributed by atoms with Crippen LogP contribution >= 0.6 is 15.9 Å². The number of anilines is 1. The van der Waals surface area contributed by atoms with Gasteiger partial charge in [-0.05, 0) is 40.9 Å². The number of nitrogens with one attached hydrogen (secondary N) is 1. The number of aromatic carboxylic acids is 1. The number of rotatable bonds is 3. The highest BCUT2D eigenvalue weighted by Gasteiger charge is 2.63. The third-order valence-corrected chi connectivity index (χ3v) is 3.75. The third kappa shape index (κ3) is 2.41. The van der Waals surface area contributed by atoms with Gasteiger partial charge in [-0.3, -0.25) is 0 Å². The largest absolute Gasteiger partial charge is 0.478 e. The molecule has 19 heavy (non-hydrogen) atoms. The summed E-state index contributed by atoms with van der Waals surface area (Å²) < 4.78 is 51.6. The number of hydrogen-bond acceptors (Lipinski definition) is 2. The summed E-state index contributed by atoms with van der Waals surface area (Å²) in [4.78, 5) is 10.7. The van der Waals surface area contributed by atoms with Gasteiger partial charge in [-0.25, -0.2) is 9.18 Å². The lowest BCUT2D eigenvalue weighted by molar-refractivity contribution is -0.151. The zero-order chi connectivity index (χ0) is 14.4. The van der Waals surface area contributed by atoms with E-state index in [1.807, 2.05) is 0 Å². The summed E-state index contributed by atoms with van der Waals surface area (Å²) in [6.07, 6.45) is -4.74. The van der Waals surface area contributed by atoms with Crippen molar-refractivity contribution in [1.29, 1.82) is 0 Å². The Morgan fingerprint density at radius 2 is 1.95 bits per heavy atom. The van der Waals surface area contributed by atoms with Gasteiger partial charge >= 0.3 is 12.1 Å². The maximum Gasteiger partial charge on any atom is 0.411 e. The van der Waals surface area contributed by atoms with Gasteiger partial charge < -0.3 is 10.4 Å². The molecule has 8 heteroatoms. The minimum absolute atomic E-state index is 0.131. The molecular formula is C11H8BrF4NO2. The number of carboxylic acid groups (broad SMARTS) is 1. The zero-order valence-corrected chi connectivity index (χ0v) is 10.9. The molecule has 2 rings (SSSR count). The molecular weight excluding hydrogens is 334 g/mol. The van der Waals surface area contributed by atoms with E-state index in [0.717, 1.165) is 12.1 Å². The summed E-state index contributed by atoms with van der Waals surface area (Å²) >= 11 is 2.73. The van der Waals surface area contributed by atoms with Crippen molar-refractivity contribution in [3.8, 4) is 0 Å². The van der Waals surface area contributed by atoms with Crippen LogP contribution in [0.3, 0.4) is 0 Å². The van der Waals surface area contributed by atoms with Crippen molar-refractivity contribution >= 4 is 27.6 Å². The Kier molecular flexibility index (Phi) is 3.24. The first-order valence-electron chi connectivity index (χ1n) is 5.24. The summed E-state index contributed by atoms with van der Waals surface area (Å²) in [5.74, 6) is -2.41. The molecule has 0 radical (unpaired) electrons. The highest BCUT2D eigenvalue weighted by Crippen LogP contribution is 2.51. The molecule has 0 atom stereocenters. The summed E-state index contributed by atoms with van der Waals surface area (Å²) in [5.41, 5.74) is -2.82. The molecule has 0 saturated heterocycles. The van der Waals surface area contributed by atoms with E-state index in [2.05, 4.69) is 21.2 Å². The van der Waals surface area contributed by atoms with Crippen LogP contribution in [0.2, 0.25) is 0 Å². The molecule has 1 aromatic rings. The van der Waals surface area contributed by atoms with Crippen LogP contribution < -0.4 is 5.32 Å². The predicted octanol–water partition coefficient (Wildman–Crippen LogP) is 3.79. The Balaban J connectivity index is 2.33. The summed E-state index contributed by atoms with van der Waals surface area (Å²) in [7, 11) is 0. The topological polar surface area (TPSA) is 49.3 Å². The van der Waals surface area contributed by atoms with Crippen LogP contribution in [0.25, 0.3) is 0 Å². The van der Waals surface area contributed by atoms with Crippen LogP contribution in [0.4, 0.5) is 23.2 Å². The Morgan fingerprint density at radius 1 is 1.37 bits per heavy atom. The zero-order valence-electron chi connectivity index (χ0n) is 9.31. The minimum Gasteiger partial charge on any atom is -0.478 e. The second kappa shape index (κ2) is 4.36. The number of halogens is 5. The van der Waals surface area contributed by atoms with Gasteiger partial charge in [0, 0.05) is 0 Å². The van der Waals surface area contributed by atoms with Gasteiger partial charge in [0.05, 0.1) is 15.7 Å². The number of carboxylic acids is 1. The Labute approximate surface area is 113 Å². The van der Waals surface area contributed by atoms with Crippen molar-refractivity contribution in [2.75, 3.05) is 5.32 Å². The molecule has 1 saturated carbocycles. The first-order valence-corrected chi connectivity index (χ1v) is 6.03. The highest BCUT2D eigenvalue weighted by molar-refractivity contribution is 9.10. The van der Waals surface area contributed by atoms with Gasteiger partial charge in [-0.1, -0.05) is 0 Å². The van der Waals surface area contributed by atoms with E-state index in [9.17, 15) is 22.4 Å². The normalized spacial score (nSPS) is 17.1. The molecule has 0 aromatic heterocycles. The van der Waals surface area contributed by atoms with E-state index in [1.165, 1.54) is 0 Å². The van der Waals surface area contributed by atoms with Crippen LogP contribution in [0.15, 0.2) is 16.6 Å². The maximum absolute atomic E-state index is 13.8. The van der Waals surface area contributed by atoms with Gasteiger partial charge in [-0.2, -0.15) is 13.2 Å². The van der Waals surface area contributed by atoms with Crippen molar-refractivity contribution in [1.82, 2.24) is 0 Å². The second-order valence-electron chi connectivity index (χ2n) is 4.30. The van der Waals surface area contributed by atoms with Crippen LogP contribution in [0, 0.1) is 5.82 Å². The number of benzene rings is 1. The summed E-state index contributed by atoms with van der Waals surface area (Å²) in [6.45, 7) is 0. The van der Waals surface area contributed by atoms with E-state index in [-0.39, 0.29) is 28.6 Å². The van der Waals surface area contributed by atoms with Crippen LogP contribution in [-0.2, 0) is 0 Å². The lowest BCUT2D eigenvalue weighted by Gasteiger charge is -2.22. The van der Waals surface area contributed by atoms with E-state index < -0.39 is 23.5 Å². The van der Waals surface area contributed by atoms with Crippen molar-refractivity contribution < 1.29 is 27.5 Å². The standard InChI is InChI=1S/C11H8BrF4NO2/c12-7-5(9(18)19)1-2-6(8(7)13)17-10(3-4-10)11(14,15)16/h1-2,17H,3-4H2,(H,18,19). The van der Waals surface area contributed by atoms with E-state index >= 15 is 0 Å². The molecule has 1 fully saturated rings. The van der Waals surface area contributed by atoms with Crippen LogP contribution in [-0.4, -0.2) is 22.8 Å². The lowest BCUT2D eigenvalue weighted by atomic mass is 10.1. The Morgan fingerprint density at radius 3 is 2.37 bits per heavy atom. The van der Waals surface area contributed by atoms with E-state index in [1.54, 1.807) is 0 Å². The smallest absolute Gasteiger partial charge is 0.411 e. The molecule has 0 amide bonds. The van der Waals surface area contributed by atoms with Gasteiger partial charge in [-0.15, -0.1) is 0 Å². The summed E-state index contributed by atoms with van der Waals surface area (Å²) in [6, 6.07) is 2.04. The van der Waals surface area contributed by atoms with E-state index in [0.29, 0.717) is 0 Å². The first-order chi connectivity index (χ1) is 8.68. The quantitative estimate of drug-likeness (QED) is 0.822. The molecule has 1 aromatic carbocycles. The molecule has 2 N–H and O–H groups in total. The molecule has 0 aliphatic heterocycles. The van der Waals surface area contributed by atoms with Gasteiger partial charge in [0.25, 0.3) is 0 Å². The molecule has 0 bridgehead atoms. The highest BCUT2D eigenvalue weighted by atomic mass is 79.9. The SMILES string of the molecule is O=C(O)c1ccc(NC2(C(F)(F)F)CC2)c(F)c1Br. The van der Waals surface area contributed by atoms with Crippen LogP contribution in [0.1, 0.15) is 23.2 Å². The van der Waals surface area contributed by atoms with Crippen molar-refractivity contribution in [3.63, 3.8) is 0 Å². The monoisotopic (exact) mass is 341 g/mol. The molecule has 0 unspecified atom stereocenters. The first kappa shape index (κ1) is 14.1. The average Bonchev–Trinajstić information content (AvgIpc) is 3.05. The maximum atomic E-state index is 13.8. The van der Waals surface area contributed by atoms with Gasteiger partial charge in [0.1, 0.15) is 5.54 Å². The second-order valence-corrected chi connectivity index (χ2v) is 5.09. The van der Waals surface area contributed by atoms with Crippen LogP contribution in [0.5, 0.6) is 0 Å². The minimum atomic E-state index is -4.47. The van der Waals surface area contributed by atoms with Crippen molar-refractivity contribution in [2.45, 2.75) is 24.6 Å². The predicted molar refractivity (Wildman–Crippen MR) is 62.7 cm³/mol. The molecule has 104 valence electrons. The Bertz CT molecular complexity index is 540. The molecule has 0 heterocycles. The fourth-order valence-electron chi connectivity index (χ4n) is 1.67. The molecule has 1 aliphatic carbocycles. The number of carbonyl (C=O) groups is 1. The third-order valence-electron chi connectivity index (χ3n) is 2.98. The van der Waals surface area contributed by atoms with E-state index in [4.69, 9.17) is 5.11 Å². The molecule has 3 nitrogen and oxygen atoms in total. The van der Waals surface area contributed by atoms with Crippen molar-refractivity contribution in [3.05, 3.63) is 28.0 Å². The molecule has 0 spiro atoms. The van der Waals surface area contributed by atoms with Gasteiger partial charge in [0.15, 0.2) is 5.82 Å². The van der Waals surface area contributed by atoms with Gasteiger partial charge in [0.2, 0.25) is 0 Å². The number of alkyl halides is 3. The molecule has 1 aliphatic rings. The summed E-state index contributed by atoms with van der Waals surface area (Å²) in [5, 5.41) is 10.9. The average molecular weight is 342 g/mol.